The van der Waals surface area contributed by atoms with Crippen LogP contribution in [0.25, 0.3) is 0 Å². The van der Waals surface area contributed by atoms with Crippen LogP contribution in [0.5, 0.6) is 5.75 Å². The highest BCUT2D eigenvalue weighted by atomic mass is 35.5. The number of hydrogen-bond donors (Lipinski definition) is 1. The van der Waals surface area contributed by atoms with E-state index in [1.54, 1.807) is 11.9 Å². The Morgan fingerprint density at radius 3 is 2.47 bits per heavy atom. The molecule has 2 N–H and O–H groups in total. The van der Waals surface area contributed by atoms with Gasteiger partial charge in [-0.1, -0.05) is 24.6 Å². The van der Waals surface area contributed by atoms with Gasteiger partial charge in [0.15, 0.2) is 0 Å². The molecule has 4 nitrogen and oxygen atoms in total. The lowest BCUT2D eigenvalue weighted by molar-refractivity contribution is -0.133. The smallest absolute Gasteiger partial charge is 0.226 e. The number of nitrogens with two attached hydrogens (primary N) is 1. The number of hydrogen-bond acceptors (Lipinski definition) is 3. The zero-order valence-corrected chi connectivity index (χ0v) is 12.6. The summed E-state index contributed by atoms with van der Waals surface area (Å²) < 4.78 is 5.57. The molecular weight excluding hydrogens is 264 g/mol. The minimum absolute atomic E-state index is 0. The maximum absolute atomic E-state index is 11.8. The van der Waals surface area contributed by atoms with Crippen LogP contribution in [0.15, 0.2) is 24.3 Å². The molecule has 0 saturated carbocycles. The highest BCUT2D eigenvalue weighted by molar-refractivity contribution is 5.85. The van der Waals surface area contributed by atoms with Crippen LogP contribution in [0.4, 0.5) is 0 Å². The quantitative estimate of drug-likeness (QED) is 0.868. The van der Waals surface area contributed by atoms with Gasteiger partial charge in [-0.05, 0) is 19.1 Å². The number of rotatable bonds is 6. The molecule has 0 heterocycles. The summed E-state index contributed by atoms with van der Waals surface area (Å²) in [6.07, 6.45) is 0. The summed E-state index contributed by atoms with van der Waals surface area (Å²) in [4.78, 5) is 13.4. The monoisotopic (exact) mass is 286 g/mol. The normalized spacial score (nSPS) is 11.4. The lowest BCUT2D eigenvalue weighted by atomic mass is 10.1. The molecule has 1 rings (SSSR count). The number of ether oxygens (including phenoxy) is 1. The molecule has 0 fully saturated rings. The summed E-state index contributed by atoms with van der Waals surface area (Å²) in [7, 11) is 1.77. The fraction of sp³-hybridized carbons (Fsp3) is 0.500. The third-order valence-electron chi connectivity index (χ3n) is 2.87. The van der Waals surface area contributed by atoms with Crippen LogP contribution in [0.3, 0.4) is 0 Å². The Bertz CT molecular complexity index is 382. The van der Waals surface area contributed by atoms with Crippen molar-refractivity contribution >= 4 is 18.3 Å². The van der Waals surface area contributed by atoms with Crippen molar-refractivity contribution in [3.05, 3.63) is 29.8 Å². The molecule has 0 saturated heterocycles. The molecule has 1 atom stereocenters. The van der Waals surface area contributed by atoms with Crippen LogP contribution < -0.4 is 10.5 Å². The summed E-state index contributed by atoms with van der Waals surface area (Å²) in [5, 5.41) is 0. The van der Waals surface area contributed by atoms with Gasteiger partial charge in [0, 0.05) is 19.5 Å². The van der Waals surface area contributed by atoms with E-state index in [-0.39, 0.29) is 24.2 Å². The largest absolute Gasteiger partial charge is 0.492 e. The second-order valence-electron chi connectivity index (χ2n) is 4.56. The van der Waals surface area contributed by atoms with Crippen molar-refractivity contribution in [1.82, 2.24) is 4.90 Å². The molecule has 1 unspecified atom stereocenters. The first kappa shape index (κ1) is 17.7. The molecule has 108 valence electrons. The maximum atomic E-state index is 11.8. The average molecular weight is 287 g/mol. The second-order valence-corrected chi connectivity index (χ2v) is 4.56. The van der Waals surface area contributed by atoms with Gasteiger partial charge < -0.3 is 15.4 Å². The van der Waals surface area contributed by atoms with Gasteiger partial charge in [-0.2, -0.15) is 0 Å². The van der Waals surface area contributed by atoms with E-state index < -0.39 is 0 Å². The Morgan fingerprint density at radius 1 is 1.37 bits per heavy atom. The average Bonchev–Trinajstić information content (AvgIpc) is 2.39. The van der Waals surface area contributed by atoms with Gasteiger partial charge in [0.2, 0.25) is 5.91 Å². The molecule has 0 aliphatic carbocycles. The van der Waals surface area contributed by atoms with Crippen molar-refractivity contribution in [1.29, 1.82) is 0 Å². The van der Waals surface area contributed by atoms with E-state index in [2.05, 4.69) is 0 Å². The number of amides is 1. The van der Waals surface area contributed by atoms with E-state index >= 15 is 0 Å². The van der Waals surface area contributed by atoms with Crippen molar-refractivity contribution in [3.8, 4) is 5.75 Å². The highest BCUT2D eigenvalue weighted by Crippen LogP contribution is 2.11. The molecular formula is C14H23ClN2O2. The first-order valence-corrected chi connectivity index (χ1v) is 6.19. The Hall–Kier alpha value is -1.26. The topological polar surface area (TPSA) is 55.6 Å². The van der Waals surface area contributed by atoms with Gasteiger partial charge in [0.05, 0.1) is 6.54 Å². The molecule has 19 heavy (non-hydrogen) atoms. The molecule has 0 aliphatic heterocycles. The first-order valence-electron chi connectivity index (χ1n) is 6.19. The van der Waals surface area contributed by atoms with Gasteiger partial charge in [0.25, 0.3) is 0 Å². The summed E-state index contributed by atoms with van der Waals surface area (Å²) in [6, 6.07) is 7.86. The molecule has 0 radical (unpaired) electrons. The number of aryl methyl sites for hydroxylation is 1. The van der Waals surface area contributed by atoms with Crippen molar-refractivity contribution in [3.63, 3.8) is 0 Å². The number of likely N-dealkylation sites (N-methyl/N-ethyl adjacent to an activating group) is 1. The molecule has 1 aromatic rings. The number of halogens is 1. The van der Waals surface area contributed by atoms with E-state index in [9.17, 15) is 4.79 Å². The summed E-state index contributed by atoms with van der Waals surface area (Å²) in [6.45, 7) is 5.30. The van der Waals surface area contributed by atoms with Crippen LogP contribution >= 0.6 is 12.4 Å². The number of benzene rings is 1. The van der Waals surface area contributed by atoms with E-state index in [0.29, 0.717) is 19.7 Å². The van der Waals surface area contributed by atoms with Crippen molar-refractivity contribution in [2.45, 2.75) is 13.8 Å². The predicted octanol–water partition coefficient (Wildman–Crippen LogP) is 1.85. The molecule has 1 aromatic carbocycles. The van der Waals surface area contributed by atoms with Crippen LogP contribution in [0, 0.1) is 12.8 Å². The first-order chi connectivity index (χ1) is 8.54. The van der Waals surface area contributed by atoms with Gasteiger partial charge >= 0.3 is 0 Å². The SMILES string of the molecule is Cc1ccc(OCCN(C)C(=O)C(C)CN)cc1.Cl. The lowest BCUT2D eigenvalue weighted by Crippen LogP contribution is -2.37. The standard InChI is InChI=1S/C14H22N2O2.ClH/c1-11-4-6-13(7-5-11)18-9-8-16(3)14(17)12(2)10-15;/h4-7,12H,8-10,15H2,1-3H3;1H. The minimum atomic E-state index is -0.130. The van der Waals surface area contributed by atoms with E-state index in [1.165, 1.54) is 5.56 Å². The van der Waals surface area contributed by atoms with Crippen molar-refractivity contribution in [2.75, 3.05) is 26.7 Å². The van der Waals surface area contributed by atoms with Gasteiger partial charge in [0.1, 0.15) is 12.4 Å². The minimum Gasteiger partial charge on any atom is -0.492 e. The van der Waals surface area contributed by atoms with Crippen LogP contribution in [-0.4, -0.2) is 37.6 Å². The molecule has 1 amide bonds. The molecule has 0 aliphatic rings. The highest BCUT2D eigenvalue weighted by Gasteiger charge is 2.15. The fourth-order valence-corrected chi connectivity index (χ4v) is 1.52. The van der Waals surface area contributed by atoms with Crippen LogP contribution in [0.2, 0.25) is 0 Å². The number of nitrogens with zero attached hydrogens (tertiary/aromatic N) is 1. The lowest BCUT2D eigenvalue weighted by Gasteiger charge is -2.20. The molecule has 0 bridgehead atoms. The van der Waals surface area contributed by atoms with E-state index in [1.807, 2.05) is 38.1 Å². The number of carbonyl (C=O) groups is 1. The van der Waals surface area contributed by atoms with Crippen LogP contribution in [0.1, 0.15) is 12.5 Å². The Kier molecular flexibility index (Phi) is 8.19. The second kappa shape index (κ2) is 8.77. The summed E-state index contributed by atoms with van der Waals surface area (Å²) in [5.74, 6) is 0.757. The van der Waals surface area contributed by atoms with Gasteiger partial charge in [-0.3, -0.25) is 4.79 Å². The van der Waals surface area contributed by atoms with Crippen molar-refractivity contribution in [2.24, 2.45) is 11.7 Å². The third kappa shape index (κ3) is 5.94. The predicted molar refractivity (Wildman–Crippen MR) is 79.8 cm³/mol. The third-order valence-corrected chi connectivity index (χ3v) is 2.87. The zero-order valence-electron chi connectivity index (χ0n) is 11.8. The molecule has 0 aromatic heterocycles. The van der Waals surface area contributed by atoms with Crippen molar-refractivity contribution < 1.29 is 9.53 Å². The van der Waals surface area contributed by atoms with Gasteiger partial charge in [-0.15, -0.1) is 12.4 Å². The maximum Gasteiger partial charge on any atom is 0.226 e. The fourth-order valence-electron chi connectivity index (χ4n) is 1.52. The van der Waals surface area contributed by atoms with E-state index in [4.69, 9.17) is 10.5 Å². The molecule has 0 spiro atoms. The Balaban J connectivity index is 0.00000324. The Labute approximate surface area is 121 Å². The number of carbonyl (C=O) groups excluding carboxylic acids is 1. The van der Waals surface area contributed by atoms with Crippen LogP contribution in [-0.2, 0) is 4.79 Å². The summed E-state index contributed by atoms with van der Waals surface area (Å²) >= 11 is 0. The van der Waals surface area contributed by atoms with Gasteiger partial charge in [-0.25, -0.2) is 0 Å². The zero-order chi connectivity index (χ0) is 13.5. The molecule has 5 heteroatoms. The van der Waals surface area contributed by atoms with E-state index in [0.717, 1.165) is 5.75 Å². The Morgan fingerprint density at radius 2 is 1.95 bits per heavy atom. The summed E-state index contributed by atoms with van der Waals surface area (Å²) in [5.41, 5.74) is 6.67.